The first-order valence-corrected chi connectivity index (χ1v) is 7.33. The molecule has 0 spiro atoms. The normalized spacial score (nSPS) is 24.6. The predicted octanol–water partition coefficient (Wildman–Crippen LogP) is 2.18. The number of hydrogen-bond donors (Lipinski definition) is 2. The van der Waals surface area contributed by atoms with Crippen molar-refractivity contribution in [2.45, 2.75) is 44.9 Å². The lowest BCUT2D eigenvalue weighted by Gasteiger charge is -2.21. The van der Waals surface area contributed by atoms with Crippen molar-refractivity contribution >= 4 is 5.91 Å². The fraction of sp³-hybridized carbons (Fsp3) is 0.562. The molecule has 1 aliphatic rings. The van der Waals surface area contributed by atoms with E-state index in [0.717, 1.165) is 6.42 Å². The van der Waals surface area contributed by atoms with Gasteiger partial charge < -0.3 is 15.2 Å². The molecule has 4 unspecified atom stereocenters. The predicted molar refractivity (Wildman–Crippen MR) is 77.1 cm³/mol. The average molecular weight is 295 g/mol. The Morgan fingerprint density at radius 3 is 2.71 bits per heavy atom. The van der Waals surface area contributed by atoms with Crippen molar-refractivity contribution in [2.24, 2.45) is 5.92 Å². The van der Waals surface area contributed by atoms with E-state index >= 15 is 0 Å². The van der Waals surface area contributed by atoms with Crippen LogP contribution in [0.3, 0.4) is 0 Å². The van der Waals surface area contributed by atoms with E-state index in [-0.39, 0.29) is 29.8 Å². The van der Waals surface area contributed by atoms with Gasteiger partial charge in [0.1, 0.15) is 5.82 Å². The summed E-state index contributed by atoms with van der Waals surface area (Å²) in [5.74, 6) is -0.475. The second-order valence-corrected chi connectivity index (χ2v) is 5.68. The Kier molecular flexibility index (Phi) is 5.31. The summed E-state index contributed by atoms with van der Waals surface area (Å²) in [6, 6.07) is 5.59. The number of amides is 1. The van der Waals surface area contributed by atoms with Crippen LogP contribution in [-0.4, -0.2) is 29.8 Å². The molecule has 0 aliphatic carbocycles. The van der Waals surface area contributed by atoms with E-state index in [1.54, 1.807) is 12.1 Å². The van der Waals surface area contributed by atoms with Crippen LogP contribution in [0.4, 0.5) is 4.39 Å². The second-order valence-electron chi connectivity index (χ2n) is 5.68. The summed E-state index contributed by atoms with van der Waals surface area (Å²) in [5, 5.41) is 13.0. The van der Waals surface area contributed by atoms with E-state index in [1.165, 1.54) is 12.1 Å². The van der Waals surface area contributed by atoms with Gasteiger partial charge in [-0.15, -0.1) is 0 Å². The van der Waals surface area contributed by atoms with E-state index in [4.69, 9.17) is 4.74 Å². The van der Waals surface area contributed by atoms with Crippen LogP contribution in [0.15, 0.2) is 24.3 Å². The standard InChI is InChI=1S/C16H22FNO3/c1-10(18-16(20)14-7-8-21-11(14)2)9-15(19)12-3-5-13(17)6-4-12/h3-6,10-11,14-15,19H,7-9H2,1-2H3,(H,18,20). The number of halogens is 1. The molecule has 0 bridgehead atoms. The second kappa shape index (κ2) is 7.00. The maximum Gasteiger partial charge on any atom is 0.226 e. The van der Waals surface area contributed by atoms with Crippen molar-refractivity contribution in [3.8, 4) is 0 Å². The van der Waals surface area contributed by atoms with Crippen LogP contribution in [0.5, 0.6) is 0 Å². The van der Waals surface area contributed by atoms with Crippen molar-refractivity contribution in [1.82, 2.24) is 5.32 Å². The summed E-state index contributed by atoms with van der Waals surface area (Å²) in [5.41, 5.74) is 0.648. The molecule has 1 aromatic rings. The number of aliphatic hydroxyl groups excluding tert-OH is 1. The maximum atomic E-state index is 12.8. The fourth-order valence-corrected chi connectivity index (χ4v) is 2.64. The van der Waals surface area contributed by atoms with Crippen LogP contribution in [0.1, 0.15) is 38.4 Å². The molecule has 1 amide bonds. The Labute approximate surface area is 124 Å². The van der Waals surface area contributed by atoms with Crippen molar-refractivity contribution < 1.29 is 19.0 Å². The van der Waals surface area contributed by atoms with Crippen molar-refractivity contribution in [1.29, 1.82) is 0 Å². The fourth-order valence-electron chi connectivity index (χ4n) is 2.64. The zero-order valence-corrected chi connectivity index (χ0v) is 12.4. The molecular weight excluding hydrogens is 273 g/mol. The Balaban J connectivity index is 1.84. The quantitative estimate of drug-likeness (QED) is 0.875. The number of carbonyl (C=O) groups is 1. The topological polar surface area (TPSA) is 58.6 Å². The first-order chi connectivity index (χ1) is 9.97. The summed E-state index contributed by atoms with van der Waals surface area (Å²) in [7, 11) is 0. The van der Waals surface area contributed by atoms with Crippen LogP contribution in [0.2, 0.25) is 0 Å². The largest absolute Gasteiger partial charge is 0.388 e. The third-order valence-corrected chi connectivity index (χ3v) is 3.93. The lowest BCUT2D eigenvalue weighted by atomic mass is 9.99. The molecule has 0 saturated carbocycles. The van der Waals surface area contributed by atoms with Gasteiger partial charge in [0.15, 0.2) is 0 Å². The minimum Gasteiger partial charge on any atom is -0.388 e. The van der Waals surface area contributed by atoms with Gasteiger partial charge in [-0.2, -0.15) is 0 Å². The SMILES string of the molecule is CC(CC(O)c1ccc(F)cc1)NC(=O)C1CCOC1C. The van der Waals surface area contributed by atoms with Gasteiger partial charge in [-0.1, -0.05) is 12.1 Å². The minimum atomic E-state index is -0.724. The molecule has 2 N–H and O–H groups in total. The van der Waals surface area contributed by atoms with Gasteiger partial charge in [0.2, 0.25) is 5.91 Å². The lowest BCUT2D eigenvalue weighted by molar-refractivity contribution is -0.127. The summed E-state index contributed by atoms with van der Waals surface area (Å²) in [6.07, 6.45) is 0.344. The van der Waals surface area contributed by atoms with E-state index in [0.29, 0.717) is 18.6 Å². The van der Waals surface area contributed by atoms with Gasteiger partial charge in [-0.25, -0.2) is 4.39 Å². The zero-order chi connectivity index (χ0) is 15.4. The molecule has 1 aliphatic heterocycles. The molecule has 4 nitrogen and oxygen atoms in total. The Morgan fingerprint density at radius 2 is 2.14 bits per heavy atom. The summed E-state index contributed by atoms with van der Waals surface area (Å²) >= 11 is 0. The molecule has 5 heteroatoms. The highest BCUT2D eigenvalue weighted by atomic mass is 19.1. The lowest BCUT2D eigenvalue weighted by Crippen LogP contribution is -2.40. The van der Waals surface area contributed by atoms with E-state index in [1.807, 2.05) is 13.8 Å². The number of benzene rings is 1. The van der Waals surface area contributed by atoms with Crippen LogP contribution >= 0.6 is 0 Å². The van der Waals surface area contributed by atoms with Gasteiger partial charge in [0.05, 0.1) is 18.1 Å². The van der Waals surface area contributed by atoms with Crippen LogP contribution in [-0.2, 0) is 9.53 Å². The van der Waals surface area contributed by atoms with Crippen LogP contribution in [0.25, 0.3) is 0 Å². The summed E-state index contributed by atoms with van der Waals surface area (Å²) in [6.45, 7) is 4.37. The third-order valence-electron chi connectivity index (χ3n) is 3.93. The average Bonchev–Trinajstić information content (AvgIpc) is 2.85. The molecule has 1 fully saturated rings. The van der Waals surface area contributed by atoms with Gasteiger partial charge in [0.25, 0.3) is 0 Å². The zero-order valence-electron chi connectivity index (χ0n) is 12.4. The van der Waals surface area contributed by atoms with Gasteiger partial charge in [-0.3, -0.25) is 4.79 Å². The van der Waals surface area contributed by atoms with Crippen molar-refractivity contribution in [3.05, 3.63) is 35.6 Å². The highest BCUT2D eigenvalue weighted by Crippen LogP contribution is 2.22. The van der Waals surface area contributed by atoms with E-state index in [2.05, 4.69) is 5.32 Å². The number of rotatable bonds is 5. The summed E-state index contributed by atoms with van der Waals surface area (Å²) < 4.78 is 18.2. The maximum absolute atomic E-state index is 12.8. The van der Waals surface area contributed by atoms with Crippen LogP contribution in [0, 0.1) is 11.7 Å². The molecular formula is C16H22FNO3. The highest BCUT2D eigenvalue weighted by molar-refractivity contribution is 5.79. The number of carbonyl (C=O) groups excluding carboxylic acids is 1. The number of aliphatic hydroxyl groups is 1. The highest BCUT2D eigenvalue weighted by Gasteiger charge is 2.31. The minimum absolute atomic E-state index is 0.0289. The number of ether oxygens (including phenoxy) is 1. The van der Waals surface area contributed by atoms with Crippen molar-refractivity contribution in [2.75, 3.05) is 6.61 Å². The molecule has 1 saturated heterocycles. The van der Waals surface area contributed by atoms with E-state index < -0.39 is 6.10 Å². The Morgan fingerprint density at radius 1 is 1.48 bits per heavy atom. The van der Waals surface area contributed by atoms with Gasteiger partial charge in [-0.05, 0) is 44.4 Å². The Hall–Kier alpha value is -1.46. The smallest absolute Gasteiger partial charge is 0.226 e. The van der Waals surface area contributed by atoms with Gasteiger partial charge in [0, 0.05) is 12.6 Å². The van der Waals surface area contributed by atoms with E-state index in [9.17, 15) is 14.3 Å². The molecule has 1 heterocycles. The molecule has 1 aromatic carbocycles. The molecule has 116 valence electrons. The molecule has 4 atom stereocenters. The monoisotopic (exact) mass is 295 g/mol. The van der Waals surface area contributed by atoms with Crippen LogP contribution < -0.4 is 5.32 Å². The number of hydrogen-bond acceptors (Lipinski definition) is 3. The van der Waals surface area contributed by atoms with Gasteiger partial charge >= 0.3 is 0 Å². The Bertz CT molecular complexity index is 477. The first kappa shape index (κ1) is 15.9. The van der Waals surface area contributed by atoms with Crippen molar-refractivity contribution in [3.63, 3.8) is 0 Å². The third kappa shape index (κ3) is 4.25. The molecule has 21 heavy (non-hydrogen) atoms. The molecule has 2 rings (SSSR count). The molecule has 0 aromatic heterocycles. The first-order valence-electron chi connectivity index (χ1n) is 7.33. The number of nitrogens with one attached hydrogen (secondary N) is 1. The molecule has 0 radical (unpaired) electrons. The summed E-state index contributed by atoms with van der Waals surface area (Å²) in [4.78, 5) is 12.1.